The molecule has 3 heteroatoms. The number of hydrogen-bond acceptors (Lipinski definition) is 0. The highest BCUT2D eigenvalue weighted by molar-refractivity contribution is 9.10. The molecule has 0 fully saturated rings. The van der Waals surface area contributed by atoms with Gasteiger partial charge in [0.05, 0.1) is 0 Å². The molecule has 2 rings (SSSR count). The normalized spacial score (nSPS) is 10.8. The average Bonchev–Trinajstić information content (AvgIpc) is 2.46. The highest BCUT2D eigenvalue weighted by atomic mass is 79.9. The van der Waals surface area contributed by atoms with E-state index in [0.29, 0.717) is 5.56 Å². The number of hydrogen-bond donors (Lipinski definition) is 1. The largest absolute Gasteiger partial charge is 0.361 e. The van der Waals surface area contributed by atoms with Crippen LogP contribution >= 0.6 is 15.9 Å². The molecule has 0 aliphatic carbocycles. The summed E-state index contributed by atoms with van der Waals surface area (Å²) in [5.41, 5.74) is 1.69. The van der Waals surface area contributed by atoms with Gasteiger partial charge < -0.3 is 4.98 Å². The Balaban J connectivity index is 2.75. The van der Waals surface area contributed by atoms with Gasteiger partial charge in [0.15, 0.2) is 0 Å². The van der Waals surface area contributed by atoms with Crippen LogP contribution in [-0.2, 0) is 6.67 Å². The Morgan fingerprint density at radius 2 is 2.25 bits per heavy atom. The summed E-state index contributed by atoms with van der Waals surface area (Å²) in [4.78, 5) is 3.01. The quantitative estimate of drug-likeness (QED) is 0.769. The lowest BCUT2D eigenvalue weighted by atomic mass is 10.2. The zero-order chi connectivity index (χ0) is 8.55. The van der Waals surface area contributed by atoms with Crippen molar-refractivity contribution in [3.63, 3.8) is 0 Å². The van der Waals surface area contributed by atoms with E-state index in [2.05, 4.69) is 20.9 Å². The van der Waals surface area contributed by atoms with Crippen molar-refractivity contribution < 1.29 is 4.39 Å². The molecule has 0 atom stereocenters. The maximum atomic E-state index is 12.4. The smallest absolute Gasteiger partial charge is 0.117 e. The second-order valence-electron chi connectivity index (χ2n) is 2.64. The molecule has 0 saturated heterocycles. The van der Waals surface area contributed by atoms with Crippen LogP contribution in [-0.4, -0.2) is 4.98 Å². The van der Waals surface area contributed by atoms with Gasteiger partial charge in [0, 0.05) is 27.1 Å². The fourth-order valence-electron chi connectivity index (χ4n) is 1.26. The van der Waals surface area contributed by atoms with Crippen molar-refractivity contribution in [3.8, 4) is 0 Å². The van der Waals surface area contributed by atoms with Gasteiger partial charge in [0.25, 0.3) is 0 Å². The van der Waals surface area contributed by atoms with E-state index in [1.54, 1.807) is 6.20 Å². The van der Waals surface area contributed by atoms with E-state index < -0.39 is 6.67 Å². The van der Waals surface area contributed by atoms with Crippen molar-refractivity contribution in [1.29, 1.82) is 0 Å². The SMILES string of the molecule is FCc1c[nH]c2ccc(Br)cc12. The first-order chi connectivity index (χ1) is 5.81. The summed E-state index contributed by atoms with van der Waals surface area (Å²) in [5, 5.41) is 0.951. The van der Waals surface area contributed by atoms with Crippen LogP contribution in [0.3, 0.4) is 0 Å². The van der Waals surface area contributed by atoms with Crippen molar-refractivity contribution in [3.05, 3.63) is 34.4 Å². The first-order valence-electron chi connectivity index (χ1n) is 3.63. The van der Waals surface area contributed by atoms with Gasteiger partial charge in [-0.05, 0) is 18.2 Å². The number of benzene rings is 1. The molecule has 1 heterocycles. The summed E-state index contributed by atoms with van der Waals surface area (Å²) in [6.45, 7) is -0.420. The van der Waals surface area contributed by atoms with E-state index >= 15 is 0 Å². The standard InChI is InChI=1S/C9H7BrFN/c10-7-1-2-9-8(3-7)6(4-11)5-12-9/h1-3,5,12H,4H2. The molecule has 0 unspecified atom stereocenters. The topological polar surface area (TPSA) is 15.8 Å². The maximum Gasteiger partial charge on any atom is 0.117 e. The van der Waals surface area contributed by atoms with Crippen molar-refractivity contribution in [2.45, 2.75) is 6.67 Å². The molecule has 1 aromatic heterocycles. The molecule has 0 spiro atoms. The minimum atomic E-state index is -0.420. The molecule has 0 aliphatic heterocycles. The van der Waals surface area contributed by atoms with Gasteiger partial charge in [-0.15, -0.1) is 0 Å². The maximum absolute atomic E-state index is 12.4. The third kappa shape index (κ3) is 1.14. The van der Waals surface area contributed by atoms with Crippen molar-refractivity contribution in [2.75, 3.05) is 0 Å². The molecule has 0 amide bonds. The summed E-state index contributed by atoms with van der Waals surface area (Å²) in [6, 6.07) is 5.78. The number of H-pyrrole nitrogens is 1. The Labute approximate surface area is 77.7 Å². The van der Waals surface area contributed by atoms with Crippen LogP contribution in [0, 0.1) is 0 Å². The molecule has 0 aliphatic rings. The molecule has 12 heavy (non-hydrogen) atoms. The fraction of sp³-hybridized carbons (Fsp3) is 0.111. The molecular formula is C9H7BrFN. The number of halogens is 2. The van der Waals surface area contributed by atoms with Crippen LogP contribution in [0.15, 0.2) is 28.9 Å². The second-order valence-corrected chi connectivity index (χ2v) is 3.55. The summed E-state index contributed by atoms with van der Waals surface area (Å²) in [7, 11) is 0. The molecule has 62 valence electrons. The van der Waals surface area contributed by atoms with Crippen LogP contribution in [0.4, 0.5) is 4.39 Å². The van der Waals surface area contributed by atoms with E-state index in [4.69, 9.17) is 0 Å². The molecule has 1 nitrogen and oxygen atoms in total. The summed E-state index contributed by atoms with van der Waals surface area (Å²) < 4.78 is 13.4. The van der Waals surface area contributed by atoms with E-state index in [1.165, 1.54) is 0 Å². The minimum Gasteiger partial charge on any atom is -0.361 e. The van der Waals surface area contributed by atoms with Crippen molar-refractivity contribution in [1.82, 2.24) is 4.98 Å². The molecule has 1 aromatic carbocycles. The van der Waals surface area contributed by atoms with Gasteiger partial charge in [0.1, 0.15) is 6.67 Å². The van der Waals surface area contributed by atoms with Gasteiger partial charge in [-0.2, -0.15) is 0 Å². The Morgan fingerprint density at radius 1 is 1.42 bits per heavy atom. The summed E-state index contributed by atoms with van der Waals surface area (Å²) in [6.07, 6.45) is 1.71. The zero-order valence-corrected chi connectivity index (χ0v) is 7.86. The van der Waals surface area contributed by atoms with Gasteiger partial charge in [-0.3, -0.25) is 0 Å². The molecule has 0 radical (unpaired) electrons. The van der Waals surface area contributed by atoms with E-state index in [-0.39, 0.29) is 0 Å². The number of fused-ring (bicyclic) bond motifs is 1. The molecule has 0 saturated carbocycles. The number of rotatable bonds is 1. The number of alkyl halides is 1. The summed E-state index contributed by atoms with van der Waals surface area (Å²) in [5.74, 6) is 0. The third-order valence-corrected chi connectivity index (χ3v) is 2.37. The Kier molecular flexibility index (Phi) is 1.89. The molecular weight excluding hydrogens is 221 g/mol. The second kappa shape index (κ2) is 2.90. The van der Waals surface area contributed by atoms with Crippen LogP contribution in [0.1, 0.15) is 5.56 Å². The Hall–Kier alpha value is -0.830. The molecule has 1 N–H and O–H groups in total. The van der Waals surface area contributed by atoms with Crippen molar-refractivity contribution in [2.24, 2.45) is 0 Å². The van der Waals surface area contributed by atoms with Gasteiger partial charge in [0.2, 0.25) is 0 Å². The number of nitrogens with one attached hydrogen (secondary N) is 1. The first kappa shape index (κ1) is 7.80. The lowest BCUT2D eigenvalue weighted by molar-refractivity contribution is 0.488. The van der Waals surface area contributed by atoms with Crippen LogP contribution < -0.4 is 0 Å². The van der Waals surface area contributed by atoms with Crippen LogP contribution in [0.2, 0.25) is 0 Å². The number of aromatic amines is 1. The minimum absolute atomic E-state index is 0.420. The van der Waals surface area contributed by atoms with E-state index in [1.807, 2.05) is 18.2 Å². The lowest BCUT2D eigenvalue weighted by Gasteiger charge is -1.92. The third-order valence-electron chi connectivity index (χ3n) is 1.87. The monoisotopic (exact) mass is 227 g/mol. The molecule has 2 aromatic rings. The summed E-state index contributed by atoms with van der Waals surface area (Å²) >= 11 is 3.34. The van der Waals surface area contributed by atoms with Crippen LogP contribution in [0.25, 0.3) is 10.9 Å². The molecule has 0 bridgehead atoms. The van der Waals surface area contributed by atoms with E-state index in [0.717, 1.165) is 15.4 Å². The van der Waals surface area contributed by atoms with E-state index in [9.17, 15) is 4.39 Å². The fourth-order valence-corrected chi connectivity index (χ4v) is 1.62. The Morgan fingerprint density at radius 3 is 3.00 bits per heavy atom. The van der Waals surface area contributed by atoms with Gasteiger partial charge in [-0.1, -0.05) is 15.9 Å². The van der Waals surface area contributed by atoms with Gasteiger partial charge in [-0.25, -0.2) is 4.39 Å². The number of aromatic nitrogens is 1. The van der Waals surface area contributed by atoms with Crippen LogP contribution in [0.5, 0.6) is 0 Å². The highest BCUT2D eigenvalue weighted by Gasteiger charge is 2.02. The Bertz CT molecular complexity index is 408. The lowest BCUT2D eigenvalue weighted by Crippen LogP contribution is -1.73. The average molecular weight is 228 g/mol. The highest BCUT2D eigenvalue weighted by Crippen LogP contribution is 2.22. The predicted molar refractivity (Wildman–Crippen MR) is 50.8 cm³/mol. The predicted octanol–water partition coefficient (Wildman–Crippen LogP) is 3.40. The zero-order valence-electron chi connectivity index (χ0n) is 6.27. The van der Waals surface area contributed by atoms with Gasteiger partial charge >= 0.3 is 0 Å². The first-order valence-corrected chi connectivity index (χ1v) is 4.42. The van der Waals surface area contributed by atoms with Crippen molar-refractivity contribution >= 4 is 26.8 Å².